The number of hydrogen-bond donors (Lipinski definition) is 0. The summed E-state index contributed by atoms with van der Waals surface area (Å²) in [7, 11) is 0. The molecule has 4 heteroatoms. The first-order valence-corrected chi connectivity index (χ1v) is 13.6. The first kappa shape index (κ1) is 26.0. The van der Waals surface area contributed by atoms with Gasteiger partial charge in [-0.25, -0.2) is 17.6 Å². The van der Waals surface area contributed by atoms with Crippen LogP contribution in [0.2, 0.25) is 0 Å². The summed E-state index contributed by atoms with van der Waals surface area (Å²) in [5.74, 6) is -1.78. The number of allylic oxidation sites excluding steroid dienone is 1. The molecular weight excluding hydrogens is 448 g/mol. The zero-order valence-corrected chi connectivity index (χ0v) is 21.1. The van der Waals surface area contributed by atoms with E-state index in [0.717, 1.165) is 57.3 Å². The van der Waals surface area contributed by atoms with Gasteiger partial charge in [0.05, 0.1) is 0 Å². The van der Waals surface area contributed by atoms with Gasteiger partial charge >= 0.3 is 0 Å². The highest BCUT2D eigenvalue weighted by Gasteiger charge is 2.29. The third-order valence-electron chi connectivity index (χ3n) is 8.46. The Labute approximate surface area is 207 Å². The smallest absolute Gasteiger partial charge is 0.166 e. The lowest BCUT2D eigenvalue weighted by atomic mass is 9.75. The van der Waals surface area contributed by atoms with Crippen LogP contribution in [0.15, 0.2) is 30.3 Å². The van der Waals surface area contributed by atoms with Crippen molar-refractivity contribution in [2.24, 2.45) is 11.8 Å². The molecule has 0 saturated heterocycles. The number of hydrogen-bond acceptors (Lipinski definition) is 0. The van der Waals surface area contributed by atoms with Crippen LogP contribution in [0.25, 0.3) is 6.08 Å². The van der Waals surface area contributed by atoms with E-state index >= 15 is 8.78 Å². The highest BCUT2D eigenvalue weighted by Crippen LogP contribution is 2.42. The van der Waals surface area contributed by atoms with Gasteiger partial charge in [0.15, 0.2) is 23.3 Å². The average Bonchev–Trinajstić information content (AvgIpc) is 2.88. The SMILES string of the molecule is CCCC1CCC(c2ccc(C3CCC(C=Cc4ccc(CC)c(F)c4F)CC3)c(F)c2F)CC1. The van der Waals surface area contributed by atoms with E-state index < -0.39 is 23.3 Å². The number of aryl methyl sites for hydroxylation is 1. The van der Waals surface area contributed by atoms with Gasteiger partial charge in [0.25, 0.3) is 0 Å². The second kappa shape index (κ2) is 11.8. The molecule has 0 atom stereocenters. The minimum Gasteiger partial charge on any atom is -0.203 e. The third kappa shape index (κ3) is 5.84. The molecule has 0 N–H and O–H groups in total. The maximum atomic E-state index is 15.1. The van der Waals surface area contributed by atoms with Crippen molar-refractivity contribution in [3.8, 4) is 0 Å². The molecule has 0 bridgehead atoms. The van der Waals surface area contributed by atoms with E-state index in [1.165, 1.54) is 12.8 Å². The maximum absolute atomic E-state index is 15.1. The molecule has 35 heavy (non-hydrogen) atoms. The van der Waals surface area contributed by atoms with Crippen LogP contribution < -0.4 is 0 Å². The second-order valence-corrected chi connectivity index (χ2v) is 10.6. The average molecular weight is 487 g/mol. The molecule has 0 nitrogen and oxygen atoms in total. The van der Waals surface area contributed by atoms with E-state index in [4.69, 9.17) is 0 Å². The minimum atomic E-state index is -0.800. The Kier molecular flexibility index (Phi) is 8.73. The Bertz CT molecular complexity index is 1020. The summed E-state index contributed by atoms with van der Waals surface area (Å²) < 4.78 is 58.6. The first-order valence-electron chi connectivity index (χ1n) is 13.6. The van der Waals surface area contributed by atoms with Crippen molar-refractivity contribution >= 4 is 6.08 Å². The predicted octanol–water partition coefficient (Wildman–Crippen LogP) is 9.87. The molecule has 0 spiro atoms. The zero-order chi connectivity index (χ0) is 24.9. The molecule has 2 aromatic rings. The Balaban J connectivity index is 1.37. The summed E-state index contributed by atoms with van der Waals surface area (Å²) in [6, 6.07) is 6.91. The van der Waals surface area contributed by atoms with Crippen molar-refractivity contribution < 1.29 is 17.6 Å². The van der Waals surface area contributed by atoms with Crippen LogP contribution in [0, 0.1) is 35.1 Å². The summed E-state index contributed by atoms with van der Waals surface area (Å²) in [6.07, 6.45) is 13.8. The van der Waals surface area contributed by atoms with E-state index in [-0.39, 0.29) is 23.3 Å². The standard InChI is InChI=1S/C31H38F4/c1-3-5-20-6-11-23(12-7-20)26-18-19-27(31(35)30(26)34)24-13-8-21(9-14-24)10-15-25-17-16-22(4-2)28(32)29(25)33/h10,15-21,23-24H,3-9,11-14H2,1-2H3. The summed E-state index contributed by atoms with van der Waals surface area (Å²) in [4.78, 5) is 0. The van der Waals surface area contributed by atoms with Crippen molar-refractivity contribution in [2.45, 2.75) is 96.3 Å². The molecule has 0 aliphatic heterocycles. The molecule has 190 valence electrons. The largest absolute Gasteiger partial charge is 0.203 e. The van der Waals surface area contributed by atoms with Crippen molar-refractivity contribution in [1.29, 1.82) is 0 Å². The third-order valence-corrected chi connectivity index (χ3v) is 8.46. The molecule has 2 aliphatic carbocycles. The monoisotopic (exact) mass is 486 g/mol. The number of rotatable bonds is 7. The van der Waals surface area contributed by atoms with Crippen molar-refractivity contribution in [3.63, 3.8) is 0 Å². The van der Waals surface area contributed by atoms with Crippen LogP contribution in [0.4, 0.5) is 17.6 Å². The van der Waals surface area contributed by atoms with Gasteiger partial charge in [-0.1, -0.05) is 63.1 Å². The minimum absolute atomic E-state index is 0.00140. The molecule has 2 aliphatic rings. The summed E-state index contributed by atoms with van der Waals surface area (Å²) in [5, 5.41) is 0. The van der Waals surface area contributed by atoms with Crippen LogP contribution in [0.5, 0.6) is 0 Å². The predicted molar refractivity (Wildman–Crippen MR) is 135 cm³/mol. The number of halogens is 4. The molecule has 0 radical (unpaired) electrons. The van der Waals surface area contributed by atoms with Gasteiger partial charge in [0.1, 0.15) is 0 Å². The molecule has 0 unspecified atom stereocenters. The molecule has 4 rings (SSSR count). The summed E-state index contributed by atoms with van der Waals surface area (Å²) in [6.45, 7) is 4.00. The van der Waals surface area contributed by atoms with Crippen LogP contribution >= 0.6 is 0 Å². The van der Waals surface area contributed by atoms with Gasteiger partial charge in [0, 0.05) is 5.56 Å². The van der Waals surface area contributed by atoms with E-state index in [1.54, 1.807) is 25.1 Å². The van der Waals surface area contributed by atoms with Crippen LogP contribution in [0.3, 0.4) is 0 Å². The normalized spacial score (nSPS) is 25.3. The van der Waals surface area contributed by atoms with Crippen LogP contribution in [-0.2, 0) is 6.42 Å². The van der Waals surface area contributed by atoms with Gasteiger partial charge in [-0.2, -0.15) is 0 Å². The molecule has 2 aromatic carbocycles. The van der Waals surface area contributed by atoms with Crippen molar-refractivity contribution in [3.05, 3.63) is 75.9 Å². The van der Waals surface area contributed by atoms with E-state index in [1.807, 2.05) is 18.2 Å². The fraction of sp³-hybridized carbons (Fsp3) is 0.548. The van der Waals surface area contributed by atoms with E-state index in [2.05, 4.69) is 6.92 Å². The van der Waals surface area contributed by atoms with Gasteiger partial charge < -0.3 is 0 Å². The molecule has 2 fully saturated rings. The van der Waals surface area contributed by atoms with Gasteiger partial charge in [-0.15, -0.1) is 0 Å². The molecular formula is C31H38F4. The molecule has 2 saturated carbocycles. The van der Waals surface area contributed by atoms with Crippen LogP contribution in [-0.4, -0.2) is 0 Å². The molecule has 0 aromatic heterocycles. The Morgan fingerprint density at radius 1 is 0.686 bits per heavy atom. The van der Waals surface area contributed by atoms with Crippen molar-refractivity contribution in [2.75, 3.05) is 0 Å². The first-order chi connectivity index (χ1) is 16.9. The Morgan fingerprint density at radius 2 is 1.26 bits per heavy atom. The van der Waals surface area contributed by atoms with Crippen LogP contribution in [0.1, 0.15) is 112 Å². The lowest BCUT2D eigenvalue weighted by Crippen LogP contribution is -2.17. The van der Waals surface area contributed by atoms with Gasteiger partial charge in [0.2, 0.25) is 0 Å². The van der Waals surface area contributed by atoms with Crippen molar-refractivity contribution in [1.82, 2.24) is 0 Å². The number of benzene rings is 2. The fourth-order valence-corrected chi connectivity index (χ4v) is 6.25. The highest BCUT2D eigenvalue weighted by atomic mass is 19.2. The van der Waals surface area contributed by atoms with E-state index in [0.29, 0.717) is 23.1 Å². The maximum Gasteiger partial charge on any atom is 0.166 e. The Morgan fingerprint density at radius 3 is 1.80 bits per heavy atom. The summed E-state index contributed by atoms with van der Waals surface area (Å²) in [5.41, 5.74) is 1.69. The zero-order valence-electron chi connectivity index (χ0n) is 21.1. The topological polar surface area (TPSA) is 0 Å². The lowest BCUT2D eigenvalue weighted by molar-refractivity contribution is 0.302. The quantitative estimate of drug-likeness (QED) is 0.342. The van der Waals surface area contributed by atoms with Gasteiger partial charge in [-0.3, -0.25) is 0 Å². The molecule has 0 heterocycles. The van der Waals surface area contributed by atoms with E-state index in [9.17, 15) is 8.78 Å². The summed E-state index contributed by atoms with van der Waals surface area (Å²) >= 11 is 0. The highest BCUT2D eigenvalue weighted by molar-refractivity contribution is 5.51. The Hall–Kier alpha value is -2.10. The molecule has 0 amide bonds. The second-order valence-electron chi connectivity index (χ2n) is 10.6. The van der Waals surface area contributed by atoms with Gasteiger partial charge in [-0.05, 0) is 98.1 Å². The fourth-order valence-electron chi connectivity index (χ4n) is 6.25. The lowest BCUT2D eigenvalue weighted by Gasteiger charge is -2.30.